The van der Waals surface area contributed by atoms with Crippen molar-refractivity contribution in [3.8, 4) is 0 Å². The van der Waals surface area contributed by atoms with Crippen LogP contribution in [0.25, 0.3) is 0 Å². The zero-order chi connectivity index (χ0) is 16.9. The molecule has 1 aromatic carbocycles. The number of carbonyl (C=O) groups excluding carboxylic acids is 2. The highest BCUT2D eigenvalue weighted by Crippen LogP contribution is 2.11. The molecule has 0 radical (unpaired) electrons. The van der Waals surface area contributed by atoms with E-state index in [0.29, 0.717) is 5.56 Å². The monoisotopic (exact) mass is 325 g/mol. The van der Waals surface area contributed by atoms with E-state index in [4.69, 9.17) is 0 Å². The second-order valence-corrected chi connectivity index (χ2v) is 7.75. The molecule has 0 spiro atoms. The summed E-state index contributed by atoms with van der Waals surface area (Å²) in [4.78, 5) is 23.2. The van der Waals surface area contributed by atoms with E-state index in [-0.39, 0.29) is 29.8 Å². The molecule has 1 rings (SSSR count). The van der Waals surface area contributed by atoms with Crippen molar-refractivity contribution in [3.63, 3.8) is 0 Å². The Bertz CT molecular complexity index is 631. The summed E-state index contributed by atoms with van der Waals surface area (Å²) in [6.07, 6.45) is 0.289. The van der Waals surface area contributed by atoms with Crippen LogP contribution in [0.15, 0.2) is 24.3 Å². The van der Waals surface area contributed by atoms with Gasteiger partial charge in [0.1, 0.15) is 0 Å². The van der Waals surface area contributed by atoms with Crippen molar-refractivity contribution in [2.45, 2.75) is 34.1 Å². The van der Waals surface area contributed by atoms with E-state index in [1.165, 1.54) is 0 Å². The molecule has 0 bridgehead atoms. The maximum absolute atomic E-state index is 11.8. The molecule has 0 unspecified atom stereocenters. The Morgan fingerprint density at radius 1 is 1.00 bits per heavy atom. The summed E-state index contributed by atoms with van der Waals surface area (Å²) in [5, 5.41) is 0. The second-order valence-electron chi connectivity index (χ2n) is 5.91. The number of Topliss-reactive ketones (excluding diaryl/α,β-unsaturated/α-hetero) is 1. The van der Waals surface area contributed by atoms with Crippen LogP contribution < -0.4 is 4.72 Å². The van der Waals surface area contributed by atoms with Gasteiger partial charge in [0.2, 0.25) is 15.9 Å². The van der Waals surface area contributed by atoms with Gasteiger partial charge in [-0.05, 0) is 12.0 Å². The van der Waals surface area contributed by atoms with Crippen molar-refractivity contribution in [1.29, 1.82) is 0 Å². The number of ketones is 1. The molecule has 22 heavy (non-hydrogen) atoms. The minimum absolute atomic E-state index is 0.0587. The van der Waals surface area contributed by atoms with Crippen molar-refractivity contribution in [1.82, 2.24) is 4.72 Å². The maximum Gasteiger partial charge on any atom is 0.235 e. The Labute approximate surface area is 132 Å². The SMILES string of the molecule is CC(C)C(=O)NS(=O)(=O)CCc1ccc(C(=O)C(C)C)cc1. The van der Waals surface area contributed by atoms with Gasteiger partial charge in [0, 0.05) is 17.4 Å². The lowest BCUT2D eigenvalue weighted by Gasteiger charge is -2.09. The molecule has 1 N–H and O–H groups in total. The van der Waals surface area contributed by atoms with E-state index in [2.05, 4.69) is 0 Å². The van der Waals surface area contributed by atoms with Crippen LogP contribution in [-0.2, 0) is 21.2 Å². The first-order valence-electron chi connectivity index (χ1n) is 7.30. The zero-order valence-electron chi connectivity index (χ0n) is 13.4. The van der Waals surface area contributed by atoms with Gasteiger partial charge >= 0.3 is 0 Å². The second kappa shape index (κ2) is 7.54. The fourth-order valence-corrected chi connectivity index (χ4v) is 2.89. The number of nitrogens with one attached hydrogen (secondary N) is 1. The molecule has 0 heterocycles. The van der Waals surface area contributed by atoms with Crippen LogP contribution in [0, 0.1) is 11.8 Å². The van der Waals surface area contributed by atoms with Crippen molar-refractivity contribution >= 4 is 21.7 Å². The summed E-state index contributed by atoms with van der Waals surface area (Å²) in [5.41, 5.74) is 1.43. The summed E-state index contributed by atoms with van der Waals surface area (Å²) in [5.74, 6) is -1.06. The Balaban J connectivity index is 2.65. The van der Waals surface area contributed by atoms with Gasteiger partial charge < -0.3 is 0 Å². The van der Waals surface area contributed by atoms with Gasteiger partial charge in [-0.3, -0.25) is 14.3 Å². The lowest BCUT2D eigenvalue weighted by Crippen LogP contribution is -2.35. The number of sulfonamides is 1. The molecule has 0 saturated carbocycles. The molecule has 5 nitrogen and oxygen atoms in total. The van der Waals surface area contributed by atoms with Crippen molar-refractivity contribution in [2.24, 2.45) is 11.8 Å². The smallest absolute Gasteiger partial charge is 0.235 e. The van der Waals surface area contributed by atoms with E-state index >= 15 is 0 Å². The molecule has 0 aliphatic rings. The van der Waals surface area contributed by atoms with Crippen LogP contribution in [0.1, 0.15) is 43.6 Å². The normalized spacial score (nSPS) is 11.7. The predicted octanol–water partition coefficient (Wildman–Crippen LogP) is 2.17. The third-order valence-electron chi connectivity index (χ3n) is 3.20. The van der Waals surface area contributed by atoms with E-state index in [1.54, 1.807) is 38.1 Å². The summed E-state index contributed by atoms with van der Waals surface area (Å²) in [7, 11) is -3.63. The van der Waals surface area contributed by atoms with Gasteiger partial charge in [-0.15, -0.1) is 0 Å². The highest BCUT2D eigenvalue weighted by atomic mass is 32.2. The minimum atomic E-state index is -3.63. The average Bonchev–Trinajstić information content (AvgIpc) is 2.44. The Morgan fingerprint density at radius 3 is 2.00 bits per heavy atom. The molecule has 6 heteroatoms. The summed E-state index contributed by atoms with van der Waals surface area (Å²) < 4.78 is 25.6. The van der Waals surface area contributed by atoms with Crippen LogP contribution in [0.4, 0.5) is 0 Å². The molecule has 1 aromatic rings. The molecule has 0 atom stereocenters. The third kappa shape index (κ3) is 5.60. The van der Waals surface area contributed by atoms with Gasteiger partial charge in [0.05, 0.1) is 5.75 Å². The number of rotatable bonds is 7. The van der Waals surface area contributed by atoms with Gasteiger partial charge in [-0.25, -0.2) is 8.42 Å². The molecular formula is C16H23NO4S. The predicted molar refractivity (Wildman–Crippen MR) is 86.1 cm³/mol. The first kappa shape index (κ1) is 18.4. The largest absolute Gasteiger partial charge is 0.294 e. The number of hydrogen-bond donors (Lipinski definition) is 1. The van der Waals surface area contributed by atoms with Gasteiger partial charge in [-0.1, -0.05) is 52.0 Å². The summed E-state index contributed by atoms with van der Waals surface area (Å²) in [6, 6.07) is 6.90. The quantitative estimate of drug-likeness (QED) is 0.779. The summed E-state index contributed by atoms with van der Waals surface area (Å²) >= 11 is 0. The lowest BCUT2D eigenvalue weighted by molar-refractivity contribution is -0.122. The number of amides is 1. The van der Waals surface area contributed by atoms with E-state index < -0.39 is 15.9 Å². The molecule has 0 aliphatic heterocycles. The van der Waals surface area contributed by atoms with Crippen molar-refractivity contribution < 1.29 is 18.0 Å². The van der Waals surface area contributed by atoms with Crippen molar-refractivity contribution in [2.75, 3.05) is 5.75 Å². The Kier molecular flexibility index (Phi) is 6.29. The van der Waals surface area contributed by atoms with Crippen LogP contribution in [0.3, 0.4) is 0 Å². The summed E-state index contributed by atoms with van der Waals surface area (Å²) in [6.45, 7) is 6.94. The van der Waals surface area contributed by atoms with Crippen molar-refractivity contribution in [3.05, 3.63) is 35.4 Å². The molecule has 122 valence electrons. The molecule has 0 aliphatic carbocycles. The number of aryl methyl sites for hydroxylation is 1. The van der Waals surface area contributed by atoms with Crippen LogP contribution in [0.5, 0.6) is 0 Å². The molecular weight excluding hydrogens is 302 g/mol. The van der Waals surface area contributed by atoms with Crippen LogP contribution >= 0.6 is 0 Å². The number of benzene rings is 1. The van der Waals surface area contributed by atoms with Crippen LogP contribution in [0.2, 0.25) is 0 Å². The first-order valence-corrected chi connectivity index (χ1v) is 8.95. The topological polar surface area (TPSA) is 80.3 Å². The fourth-order valence-electron chi connectivity index (χ4n) is 1.74. The van der Waals surface area contributed by atoms with Crippen LogP contribution in [-0.4, -0.2) is 25.9 Å². The highest BCUT2D eigenvalue weighted by Gasteiger charge is 2.17. The van der Waals surface area contributed by atoms with Gasteiger partial charge in [-0.2, -0.15) is 0 Å². The number of carbonyl (C=O) groups is 2. The zero-order valence-corrected chi connectivity index (χ0v) is 14.2. The van der Waals surface area contributed by atoms with Gasteiger partial charge in [0.25, 0.3) is 0 Å². The highest BCUT2D eigenvalue weighted by molar-refractivity contribution is 7.90. The molecule has 0 fully saturated rings. The Morgan fingerprint density at radius 2 is 1.55 bits per heavy atom. The maximum atomic E-state index is 11.8. The standard InChI is InChI=1S/C16H23NO4S/c1-11(2)15(18)14-7-5-13(6-8-14)9-10-22(20,21)17-16(19)12(3)4/h5-8,11-12H,9-10H2,1-4H3,(H,17,19). The minimum Gasteiger partial charge on any atom is -0.294 e. The fraction of sp³-hybridized carbons (Fsp3) is 0.500. The lowest BCUT2D eigenvalue weighted by atomic mass is 10.00. The van der Waals surface area contributed by atoms with E-state index in [0.717, 1.165) is 5.56 Å². The molecule has 0 aromatic heterocycles. The number of hydrogen-bond acceptors (Lipinski definition) is 4. The van der Waals surface area contributed by atoms with E-state index in [9.17, 15) is 18.0 Å². The average molecular weight is 325 g/mol. The Hall–Kier alpha value is -1.69. The van der Waals surface area contributed by atoms with Gasteiger partial charge in [0.15, 0.2) is 5.78 Å². The molecule has 0 saturated heterocycles. The van der Waals surface area contributed by atoms with E-state index in [1.807, 2.05) is 18.6 Å². The molecule has 1 amide bonds. The third-order valence-corrected chi connectivity index (χ3v) is 4.46. The first-order chi connectivity index (χ1) is 10.1.